The lowest BCUT2D eigenvalue weighted by Crippen LogP contribution is -2.55. The summed E-state index contributed by atoms with van der Waals surface area (Å²) in [5.41, 5.74) is 3.32. The van der Waals surface area contributed by atoms with Crippen LogP contribution in [0.3, 0.4) is 0 Å². The number of hydrogen-bond donors (Lipinski definition) is 0. The number of anilines is 1. The molecule has 36 heavy (non-hydrogen) atoms. The molecule has 4 aromatic rings. The Morgan fingerprint density at radius 2 is 1.58 bits per heavy atom. The van der Waals surface area contributed by atoms with Gasteiger partial charge in [0.15, 0.2) is 0 Å². The fraction of sp³-hybridized carbons (Fsp3) is 0.129. The van der Waals surface area contributed by atoms with Crippen LogP contribution in [-0.4, -0.2) is 5.91 Å². The molecule has 0 radical (unpaired) electrons. The number of hydrogen-bond acceptors (Lipinski definition) is 3. The van der Waals surface area contributed by atoms with Crippen LogP contribution in [0.4, 0.5) is 5.69 Å². The number of halogens is 1. The quantitative estimate of drug-likeness (QED) is 0.278. The molecule has 0 aromatic heterocycles. The Balaban J connectivity index is 1.63. The molecule has 5 heteroatoms. The van der Waals surface area contributed by atoms with Crippen molar-refractivity contribution in [1.82, 2.24) is 0 Å². The molecule has 0 spiro atoms. The van der Waals surface area contributed by atoms with E-state index in [1.165, 1.54) is 0 Å². The van der Waals surface area contributed by atoms with Crippen LogP contribution in [-0.2, 0) is 15.3 Å². The van der Waals surface area contributed by atoms with Gasteiger partial charge in [0, 0.05) is 32.7 Å². The number of amides is 1. The Hall–Kier alpha value is -3.47. The van der Waals surface area contributed by atoms with Crippen LogP contribution in [0.1, 0.15) is 35.3 Å². The zero-order valence-electron chi connectivity index (χ0n) is 19.7. The van der Waals surface area contributed by atoms with Crippen LogP contribution in [0.5, 0.6) is 0 Å². The SMILES string of the molecule is CC1=C(c2ccccc2)OC2(c3ccccc3)CC(c3cccc(Cl)c3)Sc3ccccc3N2C1=O. The molecular weight excluding hydrogens is 486 g/mol. The molecule has 178 valence electrons. The predicted molar refractivity (Wildman–Crippen MR) is 147 cm³/mol. The minimum atomic E-state index is -1.05. The van der Waals surface area contributed by atoms with Gasteiger partial charge < -0.3 is 4.74 Å². The van der Waals surface area contributed by atoms with Crippen molar-refractivity contribution < 1.29 is 9.53 Å². The lowest BCUT2D eigenvalue weighted by molar-refractivity contribution is -0.122. The summed E-state index contributed by atoms with van der Waals surface area (Å²) >= 11 is 8.18. The molecule has 0 fully saturated rings. The Kier molecular flexibility index (Phi) is 5.87. The van der Waals surface area contributed by atoms with Crippen LogP contribution in [0.2, 0.25) is 5.02 Å². The first-order valence-corrected chi connectivity index (χ1v) is 13.2. The van der Waals surface area contributed by atoms with Gasteiger partial charge in [-0.15, -0.1) is 11.8 Å². The van der Waals surface area contributed by atoms with Crippen molar-refractivity contribution >= 4 is 40.7 Å². The van der Waals surface area contributed by atoms with E-state index in [1.807, 2.05) is 96.8 Å². The Morgan fingerprint density at radius 3 is 2.33 bits per heavy atom. The molecule has 1 amide bonds. The van der Waals surface area contributed by atoms with Crippen molar-refractivity contribution in [2.24, 2.45) is 0 Å². The van der Waals surface area contributed by atoms with Gasteiger partial charge in [0.1, 0.15) is 5.76 Å². The minimum Gasteiger partial charge on any atom is -0.462 e. The third-order valence-electron chi connectivity index (χ3n) is 6.82. The highest BCUT2D eigenvalue weighted by Crippen LogP contribution is 2.57. The van der Waals surface area contributed by atoms with E-state index in [0.717, 1.165) is 27.3 Å². The summed E-state index contributed by atoms with van der Waals surface area (Å²) in [4.78, 5) is 17.2. The summed E-state index contributed by atoms with van der Waals surface area (Å²) in [5.74, 6) is 0.568. The lowest BCUT2D eigenvalue weighted by atomic mass is 9.89. The Labute approximate surface area is 220 Å². The van der Waals surface area contributed by atoms with Gasteiger partial charge in [-0.3, -0.25) is 9.69 Å². The summed E-state index contributed by atoms with van der Waals surface area (Å²) in [5, 5.41) is 0.691. The first kappa shape index (κ1) is 23.0. The Morgan fingerprint density at radius 1 is 0.889 bits per heavy atom. The molecule has 6 rings (SSSR count). The average Bonchev–Trinajstić information content (AvgIpc) is 3.07. The van der Waals surface area contributed by atoms with Gasteiger partial charge in [-0.25, -0.2) is 0 Å². The molecule has 4 aromatic carbocycles. The number of ether oxygens (including phenoxy) is 1. The maximum atomic E-state index is 14.3. The number of thioether (sulfide) groups is 1. The normalized spacial score (nSPS) is 21.3. The maximum Gasteiger partial charge on any atom is 0.261 e. The van der Waals surface area contributed by atoms with Gasteiger partial charge in [-0.2, -0.15) is 0 Å². The number of carbonyl (C=O) groups is 1. The second-order valence-electron chi connectivity index (χ2n) is 9.05. The summed E-state index contributed by atoms with van der Waals surface area (Å²) in [6.07, 6.45) is 0.548. The average molecular weight is 510 g/mol. The van der Waals surface area contributed by atoms with E-state index in [0.29, 0.717) is 22.8 Å². The molecule has 2 atom stereocenters. The van der Waals surface area contributed by atoms with Crippen LogP contribution >= 0.6 is 23.4 Å². The number of para-hydroxylation sites is 1. The van der Waals surface area contributed by atoms with Gasteiger partial charge in [0.2, 0.25) is 5.72 Å². The molecule has 0 N–H and O–H groups in total. The molecule has 0 saturated carbocycles. The van der Waals surface area contributed by atoms with E-state index in [4.69, 9.17) is 16.3 Å². The molecule has 0 bridgehead atoms. The van der Waals surface area contributed by atoms with E-state index in [2.05, 4.69) is 24.3 Å². The number of carbonyl (C=O) groups excluding carboxylic acids is 1. The fourth-order valence-corrected chi connectivity index (χ4v) is 6.64. The van der Waals surface area contributed by atoms with Gasteiger partial charge in [-0.05, 0) is 36.8 Å². The molecule has 3 nitrogen and oxygen atoms in total. The molecule has 2 heterocycles. The monoisotopic (exact) mass is 509 g/mol. The summed E-state index contributed by atoms with van der Waals surface area (Å²) in [6, 6.07) is 36.1. The highest BCUT2D eigenvalue weighted by Gasteiger charge is 2.53. The van der Waals surface area contributed by atoms with Crippen molar-refractivity contribution in [3.8, 4) is 0 Å². The number of nitrogens with zero attached hydrogens (tertiary/aromatic N) is 1. The van der Waals surface area contributed by atoms with Crippen LogP contribution < -0.4 is 4.90 Å². The van der Waals surface area contributed by atoms with Crippen molar-refractivity contribution in [1.29, 1.82) is 0 Å². The largest absolute Gasteiger partial charge is 0.462 e. The van der Waals surface area contributed by atoms with Crippen LogP contribution in [0.25, 0.3) is 5.76 Å². The topological polar surface area (TPSA) is 29.5 Å². The van der Waals surface area contributed by atoms with Crippen molar-refractivity contribution in [3.63, 3.8) is 0 Å². The standard InChI is InChI=1S/C31H24ClNO2S/c1-21-29(22-11-4-2-5-12-22)35-31(24-14-6-3-7-15-24)20-28(23-13-10-16-25(32)19-23)36-27-18-9-8-17-26(27)33(31)30(21)34/h2-19,28H,20H2,1H3. The second kappa shape index (κ2) is 9.20. The van der Waals surface area contributed by atoms with Crippen molar-refractivity contribution in [3.05, 3.63) is 136 Å². The third-order valence-corrected chi connectivity index (χ3v) is 8.37. The summed E-state index contributed by atoms with van der Waals surface area (Å²) in [7, 11) is 0. The van der Waals surface area contributed by atoms with Crippen LogP contribution in [0.15, 0.2) is 120 Å². The van der Waals surface area contributed by atoms with Crippen molar-refractivity contribution in [2.45, 2.75) is 29.2 Å². The van der Waals surface area contributed by atoms with E-state index < -0.39 is 5.72 Å². The predicted octanol–water partition coefficient (Wildman–Crippen LogP) is 8.22. The highest BCUT2D eigenvalue weighted by molar-refractivity contribution is 7.99. The van der Waals surface area contributed by atoms with Gasteiger partial charge >= 0.3 is 0 Å². The van der Waals surface area contributed by atoms with Gasteiger partial charge in [-0.1, -0.05) is 96.5 Å². The molecule has 0 saturated heterocycles. The molecule has 2 aliphatic heterocycles. The number of benzene rings is 4. The Bertz CT molecular complexity index is 1470. The zero-order valence-corrected chi connectivity index (χ0v) is 21.3. The van der Waals surface area contributed by atoms with Crippen LogP contribution in [0, 0.1) is 0 Å². The fourth-order valence-electron chi connectivity index (χ4n) is 5.11. The first-order chi connectivity index (χ1) is 17.6. The van der Waals surface area contributed by atoms with Gasteiger partial charge in [0.25, 0.3) is 5.91 Å². The number of rotatable bonds is 3. The van der Waals surface area contributed by atoms with E-state index in [-0.39, 0.29) is 11.2 Å². The minimum absolute atomic E-state index is 0.00159. The first-order valence-electron chi connectivity index (χ1n) is 11.9. The molecule has 0 aliphatic carbocycles. The van der Waals surface area contributed by atoms with E-state index >= 15 is 0 Å². The third kappa shape index (κ3) is 3.82. The maximum absolute atomic E-state index is 14.3. The smallest absolute Gasteiger partial charge is 0.261 e. The zero-order chi connectivity index (χ0) is 24.7. The van der Waals surface area contributed by atoms with Crippen molar-refractivity contribution in [2.75, 3.05) is 4.90 Å². The summed E-state index contributed by atoms with van der Waals surface area (Å²) in [6.45, 7) is 1.86. The van der Waals surface area contributed by atoms with E-state index in [1.54, 1.807) is 11.8 Å². The molecular formula is C31H24ClNO2S. The second-order valence-corrected chi connectivity index (χ2v) is 10.7. The molecule has 2 aliphatic rings. The summed E-state index contributed by atoms with van der Waals surface area (Å²) < 4.78 is 7.09. The molecule has 2 unspecified atom stereocenters. The van der Waals surface area contributed by atoms with Gasteiger partial charge in [0.05, 0.1) is 11.3 Å². The lowest BCUT2D eigenvalue weighted by Gasteiger charge is -2.48. The number of fused-ring (bicyclic) bond motifs is 3. The van der Waals surface area contributed by atoms with E-state index in [9.17, 15) is 4.79 Å². The highest BCUT2D eigenvalue weighted by atomic mass is 35.5.